The maximum Gasteiger partial charge on any atom is 0.226 e. The van der Waals surface area contributed by atoms with Gasteiger partial charge in [0, 0.05) is 41.2 Å². The van der Waals surface area contributed by atoms with Gasteiger partial charge in [0.15, 0.2) is 11.5 Å². The fraction of sp³-hybridized carbons (Fsp3) is 0.200. The van der Waals surface area contributed by atoms with Crippen LogP contribution >= 0.6 is 0 Å². The van der Waals surface area contributed by atoms with Gasteiger partial charge in [0.05, 0.1) is 34.5 Å². The molecule has 5 aromatic heterocycles. The van der Waals surface area contributed by atoms with Gasteiger partial charge in [-0.05, 0) is 30.5 Å². The van der Waals surface area contributed by atoms with Crippen molar-refractivity contribution < 1.29 is 4.79 Å². The van der Waals surface area contributed by atoms with E-state index in [0.717, 1.165) is 44.4 Å². The minimum atomic E-state index is -0.126. The third-order valence-corrected chi connectivity index (χ3v) is 7.08. The smallest absolute Gasteiger partial charge is 0.226 e. The Kier molecular flexibility index (Phi) is 6.11. The molecule has 1 aliphatic carbocycles. The molecule has 0 bridgehead atoms. The van der Waals surface area contributed by atoms with Crippen LogP contribution in [0.3, 0.4) is 0 Å². The van der Waals surface area contributed by atoms with Crippen LogP contribution in [-0.4, -0.2) is 41.0 Å². The molecule has 1 atom stereocenters. The van der Waals surface area contributed by atoms with Gasteiger partial charge in [-0.3, -0.25) is 19.9 Å². The number of carbonyl (C=O) groups excluding carboxylic acids is 1. The lowest BCUT2D eigenvalue weighted by Gasteiger charge is -2.12. The topological polar surface area (TPSA) is 125 Å². The normalized spacial score (nSPS) is 15.5. The maximum atomic E-state index is 12.2. The number of fused-ring (bicyclic) bond motifs is 2. The van der Waals surface area contributed by atoms with Crippen LogP contribution in [0.25, 0.3) is 50.3 Å². The summed E-state index contributed by atoms with van der Waals surface area (Å²) in [5.74, 6) is 0.781. The van der Waals surface area contributed by atoms with E-state index in [4.69, 9.17) is 4.98 Å². The average molecular weight is 517 g/mol. The summed E-state index contributed by atoms with van der Waals surface area (Å²) in [6.45, 7) is 8.05. The zero-order valence-corrected chi connectivity index (χ0v) is 22.1. The first kappa shape index (κ1) is 24.4. The molecule has 3 N–H and O–H groups in total. The van der Waals surface area contributed by atoms with E-state index < -0.39 is 0 Å². The van der Waals surface area contributed by atoms with Crippen molar-refractivity contribution in [2.24, 2.45) is 11.8 Å². The summed E-state index contributed by atoms with van der Waals surface area (Å²) in [6, 6.07) is 3.90. The maximum absolute atomic E-state index is 12.2. The number of hydrogen-bond donors (Lipinski definition) is 3. The van der Waals surface area contributed by atoms with E-state index in [2.05, 4.69) is 73.6 Å². The standard InChI is InChI=1S/C30H28N8O/c1-16(2)30(39)34-21-9-19(11-31-13-21)20-10-23-27(37-38-28(23)33-12-20)29-35-25-15-32-14-24(26(25)36-29)22-8-6-5-7-17(3)18(22)4/h5-17H,1-4H3,(H,34,39)(H,35,36)(H,33,37,38). The summed E-state index contributed by atoms with van der Waals surface area (Å²) in [7, 11) is 0. The van der Waals surface area contributed by atoms with E-state index in [1.807, 2.05) is 32.2 Å². The van der Waals surface area contributed by atoms with Crippen molar-refractivity contribution in [3.8, 4) is 22.6 Å². The molecule has 39 heavy (non-hydrogen) atoms. The predicted octanol–water partition coefficient (Wildman–Crippen LogP) is 6.09. The number of rotatable bonds is 5. The van der Waals surface area contributed by atoms with E-state index in [1.54, 1.807) is 24.8 Å². The number of amides is 1. The summed E-state index contributed by atoms with van der Waals surface area (Å²) in [5.41, 5.74) is 8.68. The average Bonchev–Trinajstić information content (AvgIpc) is 3.52. The highest BCUT2D eigenvalue weighted by molar-refractivity contribution is 5.97. The number of imidazole rings is 1. The number of allylic oxidation sites excluding steroid dienone is 6. The van der Waals surface area contributed by atoms with Crippen LogP contribution in [0.15, 0.2) is 73.0 Å². The number of aromatic amines is 2. The molecule has 9 heteroatoms. The van der Waals surface area contributed by atoms with Crippen molar-refractivity contribution in [3.05, 3.63) is 78.6 Å². The molecule has 0 fully saturated rings. The molecule has 9 nitrogen and oxygen atoms in total. The van der Waals surface area contributed by atoms with Crippen LogP contribution in [0.5, 0.6) is 0 Å². The largest absolute Gasteiger partial charge is 0.335 e. The van der Waals surface area contributed by atoms with Gasteiger partial charge in [-0.2, -0.15) is 5.10 Å². The first-order valence-corrected chi connectivity index (χ1v) is 12.9. The molecule has 6 rings (SSSR count). The lowest BCUT2D eigenvalue weighted by Crippen LogP contribution is -2.17. The van der Waals surface area contributed by atoms with E-state index in [0.29, 0.717) is 23.1 Å². The summed E-state index contributed by atoms with van der Waals surface area (Å²) in [4.78, 5) is 33.9. The fourth-order valence-electron chi connectivity index (χ4n) is 4.65. The lowest BCUT2D eigenvalue weighted by atomic mass is 9.94. The molecule has 0 radical (unpaired) electrons. The van der Waals surface area contributed by atoms with Gasteiger partial charge in [-0.1, -0.05) is 50.6 Å². The lowest BCUT2D eigenvalue weighted by molar-refractivity contribution is -0.118. The van der Waals surface area contributed by atoms with E-state index in [-0.39, 0.29) is 11.8 Å². The second-order valence-electron chi connectivity index (χ2n) is 10.1. The van der Waals surface area contributed by atoms with Crippen molar-refractivity contribution in [1.29, 1.82) is 0 Å². The van der Waals surface area contributed by atoms with Gasteiger partial charge in [0.2, 0.25) is 5.91 Å². The van der Waals surface area contributed by atoms with Crippen LogP contribution in [-0.2, 0) is 4.79 Å². The Morgan fingerprint density at radius 3 is 2.69 bits per heavy atom. The summed E-state index contributed by atoms with van der Waals surface area (Å²) in [5, 5.41) is 11.2. The van der Waals surface area contributed by atoms with Crippen LogP contribution < -0.4 is 5.32 Å². The molecule has 0 saturated carbocycles. The molecule has 0 saturated heterocycles. The Morgan fingerprint density at radius 2 is 1.85 bits per heavy atom. The number of hydrogen-bond acceptors (Lipinski definition) is 6. The fourth-order valence-corrected chi connectivity index (χ4v) is 4.65. The highest BCUT2D eigenvalue weighted by Gasteiger charge is 2.19. The summed E-state index contributed by atoms with van der Waals surface area (Å²) in [6.07, 6.45) is 17.2. The van der Waals surface area contributed by atoms with Gasteiger partial charge >= 0.3 is 0 Å². The molecule has 5 heterocycles. The summed E-state index contributed by atoms with van der Waals surface area (Å²) >= 11 is 0. The molecular formula is C30H28N8O. The number of aromatic nitrogens is 7. The number of H-pyrrole nitrogens is 2. The van der Waals surface area contributed by atoms with Gasteiger partial charge < -0.3 is 10.3 Å². The Bertz CT molecular complexity index is 1820. The Hall–Kier alpha value is -4.92. The molecular weight excluding hydrogens is 488 g/mol. The van der Waals surface area contributed by atoms with E-state index in [1.165, 1.54) is 5.57 Å². The quantitative estimate of drug-likeness (QED) is 0.260. The number of nitrogens with one attached hydrogen (secondary N) is 3. The highest BCUT2D eigenvalue weighted by atomic mass is 16.1. The van der Waals surface area contributed by atoms with E-state index in [9.17, 15) is 4.79 Å². The van der Waals surface area contributed by atoms with Crippen molar-refractivity contribution >= 4 is 39.2 Å². The molecule has 1 unspecified atom stereocenters. The SMILES string of the molecule is CC1=C(c2cncc3[nH]c(-c4[nH]nc5ncc(-c6cncc(NC(=O)C(C)C)c6)cc45)nc23)C=CC=CC1C. The summed E-state index contributed by atoms with van der Waals surface area (Å²) < 4.78 is 0. The van der Waals surface area contributed by atoms with Crippen molar-refractivity contribution in [2.45, 2.75) is 27.7 Å². The Balaban J connectivity index is 1.42. The van der Waals surface area contributed by atoms with E-state index >= 15 is 0 Å². The number of nitrogens with zero attached hydrogens (tertiary/aromatic N) is 5. The van der Waals surface area contributed by atoms with Crippen LogP contribution in [0.1, 0.15) is 33.3 Å². The minimum absolute atomic E-state index is 0.0607. The minimum Gasteiger partial charge on any atom is -0.335 e. The molecule has 0 aromatic carbocycles. The molecule has 194 valence electrons. The molecule has 5 aromatic rings. The second kappa shape index (κ2) is 9.75. The van der Waals surface area contributed by atoms with Gasteiger partial charge in [-0.25, -0.2) is 9.97 Å². The highest BCUT2D eigenvalue weighted by Crippen LogP contribution is 2.34. The molecule has 1 aliphatic rings. The number of carbonyl (C=O) groups is 1. The van der Waals surface area contributed by atoms with Crippen molar-refractivity contribution in [2.75, 3.05) is 5.32 Å². The Labute approximate surface area is 225 Å². The predicted molar refractivity (Wildman–Crippen MR) is 154 cm³/mol. The number of pyridine rings is 3. The molecule has 0 spiro atoms. The number of anilines is 1. The van der Waals surface area contributed by atoms with Crippen molar-refractivity contribution in [1.82, 2.24) is 35.1 Å². The van der Waals surface area contributed by atoms with Gasteiger partial charge in [0.25, 0.3) is 0 Å². The second-order valence-corrected chi connectivity index (χ2v) is 10.1. The van der Waals surface area contributed by atoms with Crippen molar-refractivity contribution in [3.63, 3.8) is 0 Å². The third-order valence-electron chi connectivity index (χ3n) is 7.08. The monoisotopic (exact) mass is 516 g/mol. The van der Waals surface area contributed by atoms with Crippen LogP contribution in [0.2, 0.25) is 0 Å². The first-order valence-electron chi connectivity index (χ1n) is 12.9. The van der Waals surface area contributed by atoms with Gasteiger partial charge in [0.1, 0.15) is 5.69 Å². The van der Waals surface area contributed by atoms with Crippen LogP contribution in [0.4, 0.5) is 5.69 Å². The van der Waals surface area contributed by atoms with Crippen LogP contribution in [0, 0.1) is 11.8 Å². The zero-order chi connectivity index (χ0) is 27.1. The van der Waals surface area contributed by atoms with Gasteiger partial charge in [-0.15, -0.1) is 0 Å². The molecule has 0 aliphatic heterocycles. The third kappa shape index (κ3) is 4.52. The first-order chi connectivity index (χ1) is 18.9. The Morgan fingerprint density at radius 1 is 1.03 bits per heavy atom. The zero-order valence-electron chi connectivity index (χ0n) is 22.1. The molecule has 1 amide bonds.